The predicted octanol–water partition coefficient (Wildman–Crippen LogP) is 3.95. The van der Waals surface area contributed by atoms with Crippen LogP contribution in [-0.2, 0) is 13.0 Å². The van der Waals surface area contributed by atoms with Crippen molar-refractivity contribution in [3.05, 3.63) is 53.6 Å². The smallest absolute Gasteiger partial charge is 0.0467 e. The first kappa shape index (κ1) is 13.5. The Balaban J connectivity index is 2.11. The first-order chi connectivity index (χ1) is 9.85. The molecular formula is C17H20N2S. The Hall–Kier alpha value is -1.45. The van der Waals surface area contributed by atoms with Crippen molar-refractivity contribution in [1.82, 2.24) is 0 Å². The molecule has 1 heterocycles. The summed E-state index contributed by atoms with van der Waals surface area (Å²) in [5, 5.41) is 0. The Kier molecular flexibility index (Phi) is 3.99. The van der Waals surface area contributed by atoms with E-state index in [0.717, 1.165) is 6.54 Å². The third-order valence-electron chi connectivity index (χ3n) is 3.93. The number of anilines is 2. The Labute approximate surface area is 125 Å². The number of hydrogen-bond donors (Lipinski definition) is 1. The van der Waals surface area contributed by atoms with Crippen molar-refractivity contribution in [2.24, 2.45) is 5.73 Å². The molecule has 1 aliphatic rings. The normalized spacial score (nSPS) is 14.2. The highest BCUT2D eigenvalue weighted by Crippen LogP contribution is 2.37. The van der Waals surface area contributed by atoms with Crippen LogP contribution in [0.2, 0.25) is 0 Å². The van der Waals surface area contributed by atoms with Crippen LogP contribution in [-0.4, -0.2) is 12.8 Å². The van der Waals surface area contributed by atoms with Crippen molar-refractivity contribution >= 4 is 23.1 Å². The van der Waals surface area contributed by atoms with Gasteiger partial charge in [0.2, 0.25) is 0 Å². The minimum atomic E-state index is 0.588. The maximum Gasteiger partial charge on any atom is 0.0467 e. The molecule has 1 aliphatic heterocycles. The highest BCUT2D eigenvalue weighted by molar-refractivity contribution is 7.98. The van der Waals surface area contributed by atoms with E-state index in [1.165, 1.54) is 40.2 Å². The van der Waals surface area contributed by atoms with Gasteiger partial charge in [0.1, 0.15) is 0 Å². The lowest BCUT2D eigenvalue weighted by atomic mass is 10.00. The number of fused-ring (bicyclic) bond motifs is 1. The quantitative estimate of drug-likeness (QED) is 0.865. The largest absolute Gasteiger partial charge is 0.341 e. The van der Waals surface area contributed by atoms with Gasteiger partial charge in [-0.2, -0.15) is 0 Å². The summed E-state index contributed by atoms with van der Waals surface area (Å²) in [4.78, 5) is 3.72. The molecule has 0 saturated heterocycles. The molecule has 2 aromatic carbocycles. The molecule has 0 aromatic heterocycles. The molecule has 3 rings (SSSR count). The monoisotopic (exact) mass is 284 g/mol. The number of para-hydroxylation sites is 1. The van der Waals surface area contributed by atoms with E-state index in [0.29, 0.717) is 6.54 Å². The van der Waals surface area contributed by atoms with E-state index < -0.39 is 0 Å². The second kappa shape index (κ2) is 5.90. The molecule has 2 N–H and O–H groups in total. The van der Waals surface area contributed by atoms with Crippen LogP contribution in [0, 0.1) is 0 Å². The lowest BCUT2D eigenvalue weighted by Crippen LogP contribution is -2.26. The van der Waals surface area contributed by atoms with E-state index in [1.807, 2.05) is 0 Å². The molecule has 2 aromatic rings. The summed E-state index contributed by atoms with van der Waals surface area (Å²) in [6.07, 6.45) is 4.49. The Morgan fingerprint density at radius 1 is 1.10 bits per heavy atom. The van der Waals surface area contributed by atoms with Gasteiger partial charge in [-0.05, 0) is 42.9 Å². The molecule has 20 heavy (non-hydrogen) atoms. The van der Waals surface area contributed by atoms with Crippen molar-refractivity contribution < 1.29 is 0 Å². The summed E-state index contributed by atoms with van der Waals surface area (Å²) in [6.45, 7) is 1.66. The zero-order valence-corrected chi connectivity index (χ0v) is 12.6. The molecule has 2 nitrogen and oxygen atoms in total. The van der Waals surface area contributed by atoms with E-state index >= 15 is 0 Å². The number of benzene rings is 2. The zero-order valence-electron chi connectivity index (χ0n) is 11.8. The van der Waals surface area contributed by atoms with Gasteiger partial charge in [-0.15, -0.1) is 11.8 Å². The predicted molar refractivity (Wildman–Crippen MR) is 87.9 cm³/mol. The Bertz CT molecular complexity index is 610. The maximum absolute atomic E-state index is 6.01. The molecular weight excluding hydrogens is 264 g/mol. The van der Waals surface area contributed by atoms with Gasteiger partial charge < -0.3 is 10.6 Å². The molecule has 0 amide bonds. The third-order valence-corrected chi connectivity index (χ3v) is 4.76. The molecule has 3 heteroatoms. The minimum Gasteiger partial charge on any atom is -0.341 e. The van der Waals surface area contributed by atoms with Gasteiger partial charge in [-0.25, -0.2) is 0 Å². The molecule has 0 spiro atoms. The molecule has 0 unspecified atom stereocenters. The standard InChI is InChI=1S/C17H20N2S/c1-20-17-10-4-9-16(14(17)12-18)19-11-5-7-13-6-2-3-8-15(13)19/h2-4,6,8-10H,5,7,11-12,18H2,1H3. The molecule has 0 bridgehead atoms. The fraction of sp³-hybridized carbons (Fsp3) is 0.294. The van der Waals surface area contributed by atoms with Crippen LogP contribution >= 0.6 is 11.8 Å². The van der Waals surface area contributed by atoms with Crippen LogP contribution in [0.15, 0.2) is 47.4 Å². The van der Waals surface area contributed by atoms with E-state index in [9.17, 15) is 0 Å². The fourth-order valence-electron chi connectivity index (χ4n) is 2.99. The van der Waals surface area contributed by atoms with E-state index in [4.69, 9.17) is 5.73 Å². The maximum atomic E-state index is 6.01. The average molecular weight is 284 g/mol. The summed E-state index contributed by atoms with van der Waals surface area (Å²) in [6, 6.07) is 15.2. The van der Waals surface area contributed by atoms with Gasteiger partial charge in [0.15, 0.2) is 0 Å². The molecule has 0 radical (unpaired) electrons. The summed E-state index contributed by atoms with van der Waals surface area (Å²) in [5.41, 5.74) is 11.3. The van der Waals surface area contributed by atoms with Gasteiger partial charge in [-0.1, -0.05) is 24.3 Å². The lowest BCUT2D eigenvalue weighted by molar-refractivity contribution is 0.762. The van der Waals surface area contributed by atoms with Gasteiger partial charge in [0.05, 0.1) is 0 Å². The number of rotatable bonds is 3. The van der Waals surface area contributed by atoms with Crippen molar-refractivity contribution in [2.75, 3.05) is 17.7 Å². The minimum absolute atomic E-state index is 0.588. The highest BCUT2D eigenvalue weighted by Gasteiger charge is 2.20. The van der Waals surface area contributed by atoms with Crippen molar-refractivity contribution in [3.63, 3.8) is 0 Å². The van der Waals surface area contributed by atoms with Crippen LogP contribution < -0.4 is 10.6 Å². The van der Waals surface area contributed by atoms with Gasteiger partial charge in [-0.3, -0.25) is 0 Å². The number of aryl methyl sites for hydroxylation is 1. The Morgan fingerprint density at radius 2 is 1.90 bits per heavy atom. The molecule has 0 fully saturated rings. The number of thioether (sulfide) groups is 1. The highest BCUT2D eigenvalue weighted by atomic mass is 32.2. The second-order valence-corrected chi connectivity index (χ2v) is 5.89. The van der Waals surface area contributed by atoms with Crippen LogP contribution in [0.25, 0.3) is 0 Å². The molecule has 0 atom stereocenters. The number of hydrogen-bond acceptors (Lipinski definition) is 3. The molecule has 104 valence electrons. The van der Waals surface area contributed by atoms with Crippen LogP contribution in [0.1, 0.15) is 17.5 Å². The Morgan fingerprint density at radius 3 is 2.70 bits per heavy atom. The van der Waals surface area contributed by atoms with E-state index in [-0.39, 0.29) is 0 Å². The summed E-state index contributed by atoms with van der Waals surface area (Å²) < 4.78 is 0. The van der Waals surface area contributed by atoms with Gasteiger partial charge in [0.25, 0.3) is 0 Å². The summed E-state index contributed by atoms with van der Waals surface area (Å²) in [5.74, 6) is 0. The average Bonchev–Trinajstić information content (AvgIpc) is 2.53. The fourth-order valence-corrected chi connectivity index (χ4v) is 3.64. The van der Waals surface area contributed by atoms with Crippen molar-refractivity contribution in [2.45, 2.75) is 24.3 Å². The number of nitrogens with two attached hydrogens (primary N) is 1. The van der Waals surface area contributed by atoms with E-state index in [1.54, 1.807) is 11.8 Å². The zero-order chi connectivity index (χ0) is 13.9. The van der Waals surface area contributed by atoms with Crippen molar-refractivity contribution in [3.8, 4) is 0 Å². The van der Waals surface area contributed by atoms with Crippen LogP contribution in [0.5, 0.6) is 0 Å². The van der Waals surface area contributed by atoms with Gasteiger partial charge in [0, 0.05) is 34.9 Å². The second-order valence-electron chi connectivity index (χ2n) is 5.05. The first-order valence-corrected chi connectivity index (χ1v) is 8.29. The lowest BCUT2D eigenvalue weighted by Gasteiger charge is -2.33. The first-order valence-electron chi connectivity index (χ1n) is 7.06. The van der Waals surface area contributed by atoms with Crippen LogP contribution in [0.4, 0.5) is 11.4 Å². The number of nitrogens with zero attached hydrogens (tertiary/aromatic N) is 1. The third kappa shape index (κ3) is 2.32. The van der Waals surface area contributed by atoms with Gasteiger partial charge >= 0.3 is 0 Å². The van der Waals surface area contributed by atoms with Crippen molar-refractivity contribution in [1.29, 1.82) is 0 Å². The topological polar surface area (TPSA) is 29.3 Å². The molecule has 0 aliphatic carbocycles. The summed E-state index contributed by atoms with van der Waals surface area (Å²) >= 11 is 1.77. The summed E-state index contributed by atoms with van der Waals surface area (Å²) in [7, 11) is 0. The molecule has 0 saturated carbocycles. The van der Waals surface area contributed by atoms with E-state index in [2.05, 4.69) is 53.6 Å². The SMILES string of the molecule is CSc1cccc(N2CCCc3ccccc32)c1CN. The van der Waals surface area contributed by atoms with Crippen LogP contribution in [0.3, 0.4) is 0 Å².